The summed E-state index contributed by atoms with van der Waals surface area (Å²) < 4.78 is 41.2. The topological polar surface area (TPSA) is 0 Å². The quantitative estimate of drug-likeness (QED) is 0.376. The van der Waals surface area contributed by atoms with Crippen LogP contribution < -0.4 is 0 Å². The third-order valence-electron chi connectivity index (χ3n) is 2.49. The Hall–Kier alpha value is -0.330. The van der Waals surface area contributed by atoms with Gasteiger partial charge in [-0.25, -0.2) is 13.2 Å². The van der Waals surface area contributed by atoms with Crippen molar-refractivity contribution in [1.29, 1.82) is 0 Å². The maximum absolute atomic E-state index is 13.8. The predicted molar refractivity (Wildman–Crippen MR) is 78.9 cm³/mol. The molecule has 0 saturated heterocycles. The predicted octanol–water partition coefficient (Wildman–Crippen LogP) is 6.11. The maximum Gasteiger partial charge on any atom is 0.137 e. The van der Waals surface area contributed by atoms with Crippen LogP contribution in [0.4, 0.5) is 13.2 Å². The van der Waals surface area contributed by atoms with Gasteiger partial charge in [0.15, 0.2) is 0 Å². The molecular weight excluding hydrogens is 453 g/mol. The van der Waals surface area contributed by atoms with E-state index in [1.807, 2.05) is 0 Å². The molecule has 0 fully saturated rings. The van der Waals surface area contributed by atoms with Crippen molar-refractivity contribution in [2.24, 2.45) is 0 Å². The summed E-state index contributed by atoms with van der Waals surface area (Å²) in [5.74, 6) is -1.60. The molecule has 6 heteroatoms. The first-order valence-electron chi connectivity index (χ1n) is 5.13. The monoisotopic (exact) mass is 456 g/mol. The van der Waals surface area contributed by atoms with Crippen molar-refractivity contribution in [3.8, 4) is 0 Å². The molecule has 0 aromatic heterocycles. The second-order valence-corrected chi connectivity index (χ2v) is 6.54. The van der Waals surface area contributed by atoms with Crippen LogP contribution in [0.15, 0.2) is 39.3 Å². The zero-order valence-corrected chi connectivity index (χ0v) is 14.0. The minimum absolute atomic E-state index is 0.0499. The molecule has 1 unspecified atom stereocenters. The molecule has 0 radical (unpaired) electrons. The normalized spacial score (nSPS) is 12.5. The molecular formula is C13H6Br3F3. The molecule has 1 atom stereocenters. The van der Waals surface area contributed by atoms with Gasteiger partial charge in [-0.05, 0) is 51.8 Å². The van der Waals surface area contributed by atoms with Crippen molar-refractivity contribution in [1.82, 2.24) is 0 Å². The summed E-state index contributed by atoms with van der Waals surface area (Å²) in [6.45, 7) is 0. The van der Waals surface area contributed by atoms with Crippen molar-refractivity contribution in [2.45, 2.75) is 4.83 Å². The van der Waals surface area contributed by atoms with Gasteiger partial charge in [0, 0.05) is 10.0 Å². The molecule has 0 aliphatic rings. The summed E-state index contributed by atoms with van der Waals surface area (Å²) >= 11 is 9.34. The van der Waals surface area contributed by atoms with Crippen LogP contribution in [-0.4, -0.2) is 0 Å². The van der Waals surface area contributed by atoms with Crippen LogP contribution in [0.5, 0.6) is 0 Å². The second-order valence-electron chi connectivity index (χ2n) is 3.85. The fraction of sp³-hybridized carbons (Fsp3) is 0.0769. The minimum atomic E-state index is -0.637. The van der Waals surface area contributed by atoms with E-state index in [2.05, 4.69) is 47.8 Å². The van der Waals surface area contributed by atoms with E-state index in [-0.39, 0.29) is 10.0 Å². The highest BCUT2D eigenvalue weighted by Gasteiger charge is 2.18. The van der Waals surface area contributed by atoms with Crippen molar-refractivity contribution >= 4 is 47.8 Å². The molecule has 0 heterocycles. The second kappa shape index (κ2) is 5.97. The Bertz CT molecular complexity index is 609. The zero-order valence-electron chi connectivity index (χ0n) is 9.23. The number of alkyl halides is 1. The molecule has 0 spiro atoms. The third-order valence-corrected chi connectivity index (χ3v) is 4.58. The number of benzene rings is 2. The van der Waals surface area contributed by atoms with Gasteiger partial charge in [-0.3, -0.25) is 0 Å². The average Bonchev–Trinajstić information content (AvgIpc) is 2.31. The lowest BCUT2D eigenvalue weighted by atomic mass is 10.0. The molecule has 0 amide bonds. The molecule has 0 bridgehead atoms. The lowest BCUT2D eigenvalue weighted by molar-refractivity contribution is 0.582. The van der Waals surface area contributed by atoms with E-state index in [0.29, 0.717) is 10.0 Å². The lowest BCUT2D eigenvalue weighted by Crippen LogP contribution is -1.99. The highest BCUT2D eigenvalue weighted by molar-refractivity contribution is 9.10. The molecule has 2 aromatic carbocycles. The van der Waals surface area contributed by atoms with Gasteiger partial charge in [-0.15, -0.1) is 0 Å². The lowest BCUT2D eigenvalue weighted by Gasteiger charge is -2.13. The summed E-state index contributed by atoms with van der Waals surface area (Å²) in [4.78, 5) is -0.637. The fourth-order valence-corrected chi connectivity index (χ4v) is 3.05. The summed E-state index contributed by atoms with van der Waals surface area (Å²) in [5, 5.41) is 0. The van der Waals surface area contributed by atoms with E-state index in [4.69, 9.17) is 0 Å². The van der Waals surface area contributed by atoms with Gasteiger partial charge in [-0.1, -0.05) is 31.9 Å². The first kappa shape index (κ1) is 15.1. The molecule has 0 nitrogen and oxygen atoms in total. The van der Waals surface area contributed by atoms with Crippen LogP contribution in [0.1, 0.15) is 16.0 Å². The first-order chi connectivity index (χ1) is 8.88. The Labute approximate surface area is 133 Å². The van der Waals surface area contributed by atoms with Crippen LogP contribution in [0, 0.1) is 17.5 Å². The number of rotatable bonds is 2. The van der Waals surface area contributed by atoms with Gasteiger partial charge in [0.05, 0.1) is 9.30 Å². The van der Waals surface area contributed by atoms with Crippen LogP contribution >= 0.6 is 47.8 Å². The van der Waals surface area contributed by atoms with Gasteiger partial charge in [0.2, 0.25) is 0 Å². The highest BCUT2D eigenvalue weighted by Crippen LogP contribution is 2.35. The summed E-state index contributed by atoms with van der Waals surface area (Å²) in [5.41, 5.74) is 0.602. The Kier molecular flexibility index (Phi) is 4.74. The van der Waals surface area contributed by atoms with Gasteiger partial charge >= 0.3 is 0 Å². The van der Waals surface area contributed by atoms with E-state index < -0.39 is 22.3 Å². The largest absolute Gasteiger partial charge is 0.207 e. The van der Waals surface area contributed by atoms with E-state index in [9.17, 15) is 13.2 Å². The summed E-state index contributed by atoms with van der Waals surface area (Å²) in [6, 6.07) is 6.33. The molecule has 0 aliphatic carbocycles. The third kappa shape index (κ3) is 3.41. The van der Waals surface area contributed by atoms with E-state index in [1.165, 1.54) is 12.1 Å². The number of hydrogen-bond donors (Lipinski definition) is 0. The SMILES string of the molecule is Fc1cc(Br)cc(C(Br)c2cc(F)c(Br)cc2F)c1. The summed E-state index contributed by atoms with van der Waals surface area (Å²) in [6.07, 6.45) is 0. The summed E-state index contributed by atoms with van der Waals surface area (Å²) in [7, 11) is 0. The van der Waals surface area contributed by atoms with Crippen LogP contribution in [-0.2, 0) is 0 Å². The van der Waals surface area contributed by atoms with Gasteiger partial charge in [0.25, 0.3) is 0 Å². The van der Waals surface area contributed by atoms with Gasteiger partial charge in [0.1, 0.15) is 17.5 Å². The maximum atomic E-state index is 13.8. The smallest absolute Gasteiger partial charge is 0.137 e. The van der Waals surface area contributed by atoms with E-state index in [1.54, 1.807) is 6.07 Å². The zero-order chi connectivity index (χ0) is 14.2. The van der Waals surface area contributed by atoms with Crippen LogP contribution in [0.3, 0.4) is 0 Å². The van der Waals surface area contributed by atoms with Crippen molar-refractivity contribution in [3.05, 3.63) is 67.9 Å². The number of halogens is 6. The Morgan fingerprint density at radius 2 is 1.53 bits per heavy atom. The van der Waals surface area contributed by atoms with E-state index >= 15 is 0 Å². The molecule has 2 rings (SSSR count). The number of hydrogen-bond acceptors (Lipinski definition) is 0. The molecule has 100 valence electrons. The van der Waals surface area contributed by atoms with Crippen molar-refractivity contribution in [3.63, 3.8) is 0 Å². The average molecular weight is 459 g/mol. The van der Waals surface area contributed by atoms with E-state index in [0.717, 1.165) is 12.1 Å². The Morgan fingerprint density at radius 1 is 0.842 bits per heavy atom. The van der Waals surface area contributed by atoms with Gasteiger partial charge < -0.3 is 0 Å². The molecule has 0 N–H and O–H groups in total. The van der Waals surface area contributed by atoms with Crippen molar-refractivity contribution < 1.29 is 13.2 Å². The Balaban J connectivity index is 2.49. The molecule has 0 aliphatic heterocycles. The van der Waals surface area contributed by atoms with Crippen molar-refractivity contribution in [2.75, 3.05) is 0 Å². The first-order valence-corrected chi connectivity index (χ1v) is 7.63. The van der Waals surface area contributed by atoms with Crippen LogP contribution in [0.25, 0.3) is 0 Å². The fourth-order valence-electron chi connectivity index (χ4n) is 1.63. The molecule has 2 aromatic rings. The highest BCUT2D eigenvalue weighted by atomic mass is 79.9. The van der Waals surface area contributed by atoms with Crippen LogP contribution in [0.2, 0.25) is 0 Å². The van der Waals surface area contributed by atoms with Gasteiger partial charge in [-0.2, -0.15) is 0 Å². The molecule has 0 saturated carbocycles. The Morgan fingerprint density at radius 3 is 2.16 bits per heavy atom. The molecule has 19 heavy (non-hydrogen) atoms. The standard InChI is InChI=1S/C13H6Br3F3/c14-7-1-6(2-8(17)3-7)13(16)9-4-12(19)10(15)5-11(9)18/h1-5,13H. The minimum Gasteiger partial charge on any atom is -0.207 e.